The van der Waals surface area contributed by atoms with Crippen LogP contribution < -0.4 is 0 Å². The Morgan fingerprint density at radius 1 is 0.655 bits per heavy atom. The Labute approximate surface area is 175 Å². The zero-order valence-electron chi connectivity index (χ0n) is 14.1. The van der Waals surface area contributed by atoms with E-state index in [1.807, 2.05) is 0 Å². The quantitative estimate of drug-likeness (QED) is 0.228. The van der Waals surface area contributed by atoms with Crippen LogP contribution in [0.1, 0.15) is 36.6 Å². The van der Waals surface area contributed by atoms with Gasteiger partial charge in [0.2, 0.25) is 0 Å². The fourth-order valence-corrected chi connectivity index (χ4v) is 0.941. The summed E-state index contributed by atoms with van der Waals surface area (Å²) in [6, 6.07) is 0. The van der Waals surface area contributed by atoms with Crippen LogP contribution in [0.15, 0.2) is 50.6 Å². The molecule has 0 bridgehead atoms. The van der Waals surface area contributed by atoms with E-state index >= 15 is 0 Å². The van der Waals surface area contributed by atoms with Gasteiger partial charge in [0.05, 0.1) is 0 Å². The second kappa shape index (κ2) is 27.1. The number of hydrogen-bond donors (Lipinski definition) is 0. The summed E-state index contributed by atoms with van der Waals surface area (Å²) in [5, 5.41) is 0. The van der Waals surface area contributed by atoms with E-state index in [1.54, 1.807) is 6.92 Å². The Hall–Kier alpha value is -3.16. The topological polar surface area (TPSA) is 105 Å². The number of carbonyl (C=O) groups is 4. The highest BCUT2D eigenvalue weighted by molar-refractivity contribution is 5.82. The molecule has 0 aliphatic carbocycles. The molecule has 0 aromatic heterocycles. The Morgan fingerprint density at radius 2 is 0.966 bits per heavy atom. The SMILES string of the molecule is C.C.C.C.C=CC(=O)OCC(C)OC(=O)C=C.C=CC(=O)OCCOC(=O)C=C. The Kier molecular flexibility index (Phi) is 37.8. The van der Waals surface area contributed by atoms with Gasteiger partial charge in [-0.05, 0) is 6.92 Å². The van der Waals surface area contributed by atoms with Gasteiger partial charge in [-0.25, -0.2) is 19.2 Å². The number of esters is 4. The Balaban J connectivity index is -0.0000000803. The number of hydrogen-bond acceptors (Lipinski definition) is 8. The maximum absolute atomic E-state index is 10.6. The Morgan fingerprint density at radius 3 is 1.28 bits per heavy atom. The van der Waals surface area contributed by atoms with Crippen molar-refractivity contribution in [2.45, 2.75) is 42.7 Å². The first-order chi connectivity index (χ1) is 11.8. The Bertz CT molecular complexity index is 487. The molecule has 1 atom stereocenters. The normalized spacial score (nSPS) is 8.45. The molecule has 0 N–H and O–H groups in total. The van der Waals surface area contributed by atoms with Crippen LogP contribution in [0, 0.1) is 0 Å². The molecular weight excluding hydrogens is 380 g/mol. The van der Waals surface area contributed by atoms with Crippen LogP contribution in [0.2, 0.25) is 0 Å². The zero-order valence-corrected chi connectivity index (χ0v) is 14.1. The lowest BCUT2D eigenvalue weighted by molar-refractivity contribution is -0.151. The first-order valence-corrected chi connectivity index (χ1v) is 7.01. The predicted molar refractivity (Wildman–Crippen MR) is 116 cm³/mol. The van der Waals surface area contributed by atoms with Crippen molar-refractivity contribution in [1.82, 2.24) is 0 Å². The summed E-state index contributed by atoms with van der Waals surface area (Å²) < 4.78 is 18.4. The van der Waals surface area contributed by atoms with Gasteiger partial charge in [-0.15, -0.1) is 0 Å². The minimum Gasteiger partial charge on any atom is -0.459 e. The van der Waals surface area contributed by atoms with Gasteiger partial charge in [0, 0.05) is 24.3 Å². The molecule has 0 aliphatic rings. The molecule has 0 fully saturated rings. The lowest BCUT2D eigenvalue weighted by Gasteiger charge is -2.10. The lowest BCUT2D eigenvalue weighted by atomic mass is 10.4. The van der Waals surface area contributed by atoms with E-state index in [-0.39, 0.29) is 49.5 Å². The van der Waals surface area contributed by atoms with Crippen molar-refractivity contribution in [1.29, 1.82) is 0 Å². The third-order valence-electron chi connectivity index (χ3n) is 2.02. The maximum Gasteiger partial charge on any atom is 0.330 e. The second-order valence-corrected chi connectivity index (χ2v) is 4.03. The van der Waals surface area contributed by atoms with Crippen LogP contribution in [0.4, 0.5) is 0 Å². The smallest absolute Gasteiger partial charge is 0.330 e. The molecule has 170 valence electrons. The molecular formula is C21H38O8. The van der Waals surface area contributed by atoms with Crippen molar-refractivity contribution in [2.75, 3.05) is 19.8 Å². The molecule has 0 aromatic carbocycles. The highest BCUT2D eigenvalue weighted by Gasteiger charge is 2.07. The van der Waals surface area contributed by atoms with Crippen molar-refractivity contribution >= 4 is 23.9 Å². The second-order valence-electron chi connectivity index (χ2n) is 4.03. The van der Waals surface area contributed by atoms with Crippen LogP contribution >= 0.6 is 0 Å². The van der Waals surface area contributed by atoms with Crippen LogP contribution in [0.5, 0.6) is 0 Å². The summed E-state index contributed by atoms with van der Waals surface area (Å²) in [6.07, 6.45) is 3.69. The van der Waals surface area contributed by atoms with E-state index in [9.17, 15) is 19.2 Å². The van der Waals surface area contributed by atoms with Crippen LogP contribution in [-0.4, -0.2) is 49.8 Å². The summed E-state index contributed by atoms with van der Waals surface area (Å²) in [6.45, 7) is 14.5. The minimum absolute atomic E-state index is 0. The summed E-state index contributed by atoms with van der Waals surface area (Å²) in [7, 11) is 0. The molecule has 0 spiro atoms. The van der Waals surface area contributed by atoms with Gasteiger partial charge in [-0.3, -0.25) is 0 Å². The van der Waals surface area contributed by atoms with Gasteiger partial charge in [0.15, 0.2) is 0 Å². The molecule has 29 heavy (non-hydrogen) atoms. The van der Waals surface area contributed by atoms with E-state index in [0.717, 1.165) is 24.3 Å². The maximum atomic E-state index is 10.6. The molecule has 0 saturated heterocycles. The van der Waals surface area contributed by atoms with Gasteiger partial charge in [0.1, 0.15) is 25.9 Å². The molecule has 0 aromatic rings. The van der Waals surface area contributed by atoms with Crippen molar-refractivity contribution in [3.05, 3.63) is 50.6 Å². The standard InChI is InChI=1S/C9H12O4.C8H10O4.4CH4/c1-4-8(10)12-6-7(3)13-9(11)5-2;1-3-7(9)11-5-6-12-8(10)4-2;;;;/h4-5,7H,1-2,6H2,3H3;3-4H,1-2,5-6H2;4*1H4. The first-order valence-electron chi connectivity index (χ1n) is 7.01. The van der Waals surface area contributed by atoms with Crippen molar-refractivity contribution in [2.24, 2.45) is 0 Å². The molecule has 8 heteroatoms. The average molecular weight is 419 g/mol. The molecule has 1 unspecified atom stereocenters. The molecule has 0 radical (unpaired) electrons. The number of rotatable bonds is 10. The minimum atomic E-state index is -0.540. The molecule has 0 amide bonds. The third-order valence-corrected chi connectivity index (χ3v) is 2.02. The highest BCUT2D eigenvalue weighted by Crippen LogP contribution is 1.94. The average Bonchev–Trinajstić information content (AvgIpc) is 2.62. The third kappa shape index (κ3) is 29.8. The van der Waals surface area contributed by atoms with E-state index in [1.165, 1.54) is 0 Å². The van der Waals surface area contributed by atoms with Gasteiger partial charge >= 0.3 is 23.9 Å². The molecule has 0 saturated carbocycles. The zero-order chi connectivity index (χ0) is 19.7. The number of ether oxygens (including phenoxy) is 4. The van der Waals surface area contributed by atoms with Crippen LogP contribution in [-0.2, 0) is 38.1 Å². The van der Waals surface area contributed by atoms with E-state index in [4.69, 9.17) is 4.74 Å². The monoisotopic (exact) mass is 418 g/mol. The van der Waals surface area contributed by atoms with Crippen molar-refractivity contribution < 1.29 is 38.1 Å². The fourth-order valence-electron chi connectivity index (χ4n) is 0.941. The largest absolute Gasteiger partial charge is 0.459 e. The van der Waals surface area contributed by atoms with Crippen LogP contribution in [0.3, 0.4) is 0 Å². The highest BCUT2D eigenvalue weighted by atomic mass is 16.6. The lowest BCUT2D eigenvalue weighted by Crippen LogP contribution is -2.20. The summed E-state index contributed by atoms with van der Waals surface area (Å²) >= 11 is 0. The molecule has 0 rings (SSSR count). The van der Waals surface area contributed by atoms with Gasteiger partial charge in [-0.1, -0.05) is 56.0 Å². The van der Waals surface area contributed by atoms with E-state index in [0.29, 0.717) is 0 Å². The van der Waals surface area contributed by atoms with Gasteiger partial charge in [-0.2, -0.15) is 0 Å². The first kappa shape index (κ1) is 40.5. The van der Waals surface area contributed by atoms with Crippen molar-refractivity contribution in [3.63, 3.8) is 0 Å². The van der Waals surface area contributed by atoms with E-state index in [2.05, 4.69) is 40.5 Å². The summed E-state index contributed by atoms with van der Waals surface area (Å²) in [5.74, 6) is -2.15. The van der Waals surface area contributed by atoms with Crippen LogP contribution in [0.25, 0.3) is 0 Å². The van der Waals surface area contributed by atoms with E-state index < -0.39 is 30.0 Å². The predicted octanol–water partition coefficient (Wildman–Crippen LogP) is 3.82. The number of carbonyl (C=O) groups excluding carboxylic acids is 4. The fraction of sp³-hybridized carbons (Fsp3) is 0.429. The van der Waals surface area contributed by atoms with Gasteiger partial charge < -0.3 is 18.9 Å². The van der Waals surface area contributed by atoms with Gasteiger partial charge in [0.25, 0.3) is 0 Å². The van der Waals surface area contributed by atoms with Crippen molar-refractivity contribution in [3.8, 4) is 0 Å². The summed E-state index contributed by atoms with van der Waals surface area (Å²) in [5.41, 5.74) is 0. The summed E-state index contributed by atoms with van der Waals surface area (Å²) in [4.78, 5) is 42.1. The molecule has 0 aliphatic heterocycles. The molecule has 0 heterocycles. The molecule has 8 nitrogen and oxygen atoms in total.